The van der Waals surface area contributed by atoms with Gasteiger partial charge in [-0.25, -0.2) is 9.59 Å². The maximum atomic E-state index is 11.9. The molecule has 1 atom stereocenters. The Hall–Kier alpha value is -1.52. The van der Waals surface area contributed by atoms with Crippen LogP contribution in [-0.4, -0.2) is 140 Å². The van der Waals surface area contributed by atoms with Crippen LogP contribution in [-0.2, 0) is 73.3 Å². The monoisotopic (exact) mass is 795 g/mol. The Morgan fingerprint density at radius 3 is 1.60 bits per heavy atom. The Labute approximate surface area is 266 Å². The third-order valence-electron chi connectivity index (χ3n) is 4.28. The maximum absolute atomic E-state index is 11.9. The van der Waals surface area contributed by atoms with Crippen LogP contribution in [0.15, 0.2) is 0 Å². The van der Waals surface area contributed by atoms with Gasteiger partial charge < -0.3 is 63.9 Å². The second-order valence-corrected chi connectivity index (χ2v) is 10.0. The molecular formula is C25H45N3O12SW. The number of alkyl carbamates (subject to hydrolysis) is 1. The second kappa shape index (κ2) is 29.5. The molecule has 0 rings (SSSR count). The van der Waals surface area contributed by atoms with Crippen molar-refractivity contribution < 1.29 is 78.1 Å². The van der Waals surface area contributed by atoms with E-state index in [4.69, 9.17) is 43.6 Å². The van der Waals surface area contributed by atoms with Gasteiger partial charge >= 0.3 is 33.1 Å². The molecule has 3 amide bonds. The fraction of sp³-hybridized carbons (Fsp3) is 0.840. The average Bonchev–Trinajstić information content (AvgIpc) is 2.89. The van der Waals surface area contributed by atoms with Crippen LogP contribution in [0.1, 0.15) is 20.8 Å². The van der Waals surface area contributed by atoms with E-state index in [1.165, 1.54) is 6.41 Å². The van der Waals surface area contributed by atoms with Gasteiger partial charge in [-0.15, -0.1) is 0 Å². The molecule has 0 aromatic carbocycles. The van der Waals surface area contributed by atoms with Gasteiger partial charge in [-0.1, -0.05) is 0 Å². The van der Waals surface area contributed by atoms with Crippen LogP contribution < -0.4 is 10.6 Å². The minimum Gasteiger partial charge on any atom is -0.667 e. The first-order valence-electron chi connectivity index (χ1n) is 13.2. The van der Waals surface area contributed by atoms with E-state index in [1.807, 2.05) is 0 Å². The molecule has 0 radical (unpaired) electrons. The second-order valence-electron chi connectivity index (χ2n) is 9.01. The summed E-state index contributed by atoms with van der Waals surface area (Å²) in [5.74, 6) is -1.42. The topological polar surface area (TPSA) is 190 Å². The average molecular weight is 796 g/mol. The first kappa shape index (κ1) is 42.6. The van der Waals surface area contributed by atoms with Crippen molar-refractivity contribution in [1.29, 1.82) is 0 Å². The van der Waals surface area contributed by atoms with Crippen molar-refractivity contribution in [2.45, 2.75) is 32.4 Å². The van der Waals surface area contributed by atoms with Gasteiger partial charge in [0.05, 0.1) is 85.2 Å². The molecule has 0 aromatic heterocycles. The van der Waals surface area contributed by atoms with Gasteiger partial charge in [-0.2, -0.15) is 18.2 Å². The molecule has 0 aliphatic carbocycles. The molecule has 42 heavy (non-hydrogen) atoms. The van der Waals surface area contributed by atoms with Gasteiger partial charge in [0.25, 0.3) is 0 Å². The molecule has 0 aliphatic heterocycles. The molecular weight excluding hydrogens is 750 g/mol. The third-order valence-corrected chi connectivity index (χ3v) is 5.32. The number of amides is 3. The van der Waals surface area contributed by atoms with E-state index in [9.17, 15) is 19.2 Å². The molecule has 0 heterocycles. The summed E-state index contributed by atoms with van der Waals surface area (Å²) in [7, 11) is 0. The summed E-state index contributed by atoms with van der Waals surface area (Å²) >= 11 is 1.04. The molecule has 17 heteroatoms. The van der Waals surface area contributed by atoms with Gasteiger partial charge in [0.15, 0.2) is 0 Å². The molecule has 0 aromatic rings. The number of carbonyl (C=O) groups excluding carboxylic acids is 4. The number of esters is 1. The van der Waals surface area contributed by atoms with Crippen LogP contribution in [0.25, 0.3) is 5.73 Å². The molecule has 0 saturated carbocycles. The summed E-state index contributed by atoms with van der Waals surface area (Å²) in [6.07, 6.45) is 0.956. The van der Waals surface area contributed by atoms with Crippen LogP contribution in [0, 0.1) is 0 Å². The zero-order valence-electron chi connectivity index (χ0n) is 24.6. The Kier molecular flexibility index (Phi) is 30.0. The molecule has 0 spiro atoms. The summed E-state index contributed by atoms with van der Waals surface area (Å²) in [5, 5.41) is 4.81. The largest absolute Gasteiger partial charge is 2.00 e. The number of carbonyl (C=O) groups is 3. The molecule has 0 saturated heterocycles. The van der Waals surface area contributed by atoms with Crippen LogP contribution in [0.5, 0.6) is 0 Å². The van der Waals surface area contributed by atoms with Crippen LogP contribution in [0.3, 0.4) is 0 Å². The summed E-state index contributed by atoms with van der Waals surface area (Å²) in [5.41, 5.74) is 6.30. The molecule has 0 aliphatic rings. The molecule has 1 unspecified atom stereocenters. The smallest absolute Gasteiger partial charge is 0.667 e. The number of hydrogen-bond acceptors (Lipinski definition) is 13. The predicted octanol–water partition coefficient (Wildman–Crippen LogP) is 0.489. The number of ether oxygens (including phenoxy) is 8. The zero-order valence-corrected chi connectivity index (χ0v) is 28.4. The van der Waals surface area contributed by atoms with Gasteiger partial charge in [-0.3, -0.25) is 0 Å². The van der Waals surface area contributed by atoms with Crippen molar-refractivity contribution in [3.05, 3.63) is 5.73 Å². The fourth-order valence-corrected chi connectivity index (χ4v) is 3.31. The van der Waals surface area contributed by atoms with Crippen molar-refractivity contribution in [2.24, 2.45) is 0 Å². The van der Waals surface area contributed by atoms with Crippen molar-refractivity contribution in [3.8, 4) is 0 Å². The van der Waals surface area contributed by atoms with Gasteiger partial charge in [0, 0.05) is 18.1 Å². The van der Waals surface area contributed by atoms with Crippen LogP contribution >= 0.6 is 11.8 Å². The quantitative estimate of drug-likeness (QED) is 0.0483. The molecule has 3 N–H and O–H groups in total. The number of thioether (sulfide) groups is 1. The van der Waals surface area contributed by atoms with Gasteiger partial charge in [0.2, 0.25) is 0 Å². The van der Waals surface area contributed by atoms with E-state index < -0.39 is 29.6 Å². The summed E-state index contributed by atoms with van der Waals surface area (Å²) < 4.78 is 42.4. The van der Waals surface area contributed by atoms with E-state index in [-0.39, 0.29) is 45.8 Å². The molecule has 0 bridgehead atoms. The Balaban J connectivity index is 0. The van der Waals surface area contributed by atoms with Gasteiger partial charge in [0.1, 0.15) is 18.2 Å². The number of rotatable bonds is 28. The standard InChI is InChI=1S/C25H46N3O12S.W/c1-25(2,3)40-24(32)27-4-5-33-6-7-34-8-9-35-10-11-36-12-13-37-14-15-38-16-17-39-23(31)21(28-20-29)18-41-19-22(26)30;/h21H,4-19H2,1-3H3,(H4,26,27,28,29,30,32);/q-1;+2/p-1. The summed E-state index contributed by atoms with van der Waals surface area (Å²) in [4.78, 5) is 44.5. The Morgan fingerprint density at radius 2 is 1.19 bits per heavy atom. The minimum absolute atomic E-state index is 0. The van der Waals surface area contributed by atoms with Crippen LogP contribution in [0.4, 0.5) is 4.79 Å². The number of nitrogens with one attached hydrogen (secondary N) is 3. The molecule has 0 fully saturated rings. The normalized spacial score (nSPS) is 11.7. The van der Waals surface area contributed by atoms with E-state index in [2.05, 4.69) is 10.6 Å². The summed E-state index contributed by atoms with van der Waals surface area (Å²) in [6, 6.07) is -0.947. The van der Waals surface area contributed by atoms with Crippen molar-refractivity contribution in [2.75, 3.05) is 104 Å². The third kappa shape index (κ3) is 31.4. The van der Waals surface area contributed by atoms with E-state index >= 15 is 0 Å². The van der Waals surface area contributed by atoms with E-state index in [0.29, 0.717) is 79.2 Å². The SMILES string of the molecule is CC(C)(C)OC(=O)NCCOCCOCCOCCOCCOCCOCCOC(=O)C(CSCC([NH-])=O)N[C-]=O.[W+2]. The van der Waals surface area contributed by atoms with E-state index in [1.54, 1.807) is 20.8 Å². The van der Waals surface area contributed by atoms with Crippen molar-refractivity contribution in [1.82, 2.24) is 10.6 Å². The zero-order chi connectivity index (χ0) is 30.6. The Bertz CT molecular complexity index is 704. The Morgan fingerprint density at radius 1 is 0.762 bits per heavy atom. The van der Waals surface area contributed by atoms with E-state index in [0.717, 1.165) is 11.8 Å². The van der Waals surface area contributed by atoms with Gasteiger partial charge in [-0.05, 0) is 20.8 Å². The first-order chi connectivity index (χ1) is 19.7. The first-order valence-corrected chi connectivity index (χ1v) is 14.4. The predicted molar refractivity (Wildman–Crippen MR) is 149 cm³/mol. The van der Waals surface area contributed by atoms with Crippen LogP contribution in [0.2, 0.25) is 0 Å². The number of hydrogen-bond donors (Lipinski definition) is 2. The fourth-order valence-electron chi connectivity index (χ4n) is 2.55. The maximum Gasteiger partial charge on any atom is 2.00 e. The van der Waals surface area contributed by atoms with Crippen molar-refractivity contribution >= 4 is 36.1 Å². The summed E-state index contributed by atoms with van der Waals surface area (Å²) in [6.45, 7) is 10.3. The minimum atomic E-state index is -0.947. The van der Waals surface area contributed by atoms with Crippen molar-refractivity contribution in [3.63, 3.8) is 0 Å². The molecule has 244 valence electrons. The molecule has 15 nitrogen and oxygen atoms in total.